The van der Waals surface area contributed by atoms with E-state index >= 15 is 0 Å². The molecule has 2 aliphatic heterocycles. The zero-order valence-corrected chi connectivity index (χ0v) is 29.9. The zero-order chi connectivity index (χ0) is 34.8. The van der Waals surface area contributed by atoms with Crippen molar-refractivity contribution in [3.8, 4) is 11.8 Å². The molecular formula is C38H40N6O3S2. The number of nitriles is 1. The van der Waals surface area contributed by atoms with Crippen molar-refractivity contribution in [1.82, 2.24) is 13.9 Å². The molecule has 4 aromatic rings. The normalized spacial score (nSPS) is 16.2. The van der Waals surface area contributed by atoms with Crippen LogP contribution in [0.3, 0.4) is 0 Å². The monoisotopic (exact) mass is 692 g/mol. The first-order valence-electron chi connectivity index (χ1n) is 16.7. The predicted molar refractivity (Wildman–Crippen MR) is 202 cm³/mol. The first kappa shape index (κ1) is 34.2. The van der Waals surface area contributed by atoms with Gasteiger partial charge in [0.1, 0.15) is 23.1 Å². The summed E-state index contributed by atoms with van der Waals surface area (Å²) in [5.41, 5.74) is 3.43. The van der Waals surface area contributed by atoms with Gasteiger partial charge in [-0.1, -0.05) is 85.9 Å². The van der Waals surface area contributed by atoms with E-state index in [4.69, 9.17) is 12.2 Å². The van der Waals surface area contributed by atoms with Crippen LogP contribution in [0.2, 0.25) is 0 Å². The lowest BCUT2D eigenvalue weighted by Crippen LogP contribution is -2.40. The Kier molecular flexibility index (Phi) is 10.1. The van der Waals surface area contributed by atoms with Crippen molar-refractivity contribution in [2.24, 2.45) is 13.0 Å². The fourth-order valence-corrected chi connectivity index (χ4v) is 8.16. The number of anilines is 2. The third kappa shape index (κ3) is 6.43. The Morgan fingerprint density at radius 3 is 2.27 bits per heavy atom. The second-order valence-electron chi connectivity index (χ2n) is 12.7. The Bertz CT molecular complexity index is 2100. The van der Waals surface area contributed by atoms with Crippen LogP contribution in [0.15, 0.2) is 75.2 Å². The maximum atomic E-state index is 14.2. The zero-order valence-electron chi connectivity index (χ0n) is 28.3. The van der Waals surface area contributed by atoms with E-state index in [1.807, 2.05) is 36.4 Å². The van der Waals surface area contributed by atoms with Gasteiger partial charge in [-0.15, -0.1) is 0 Å². The van der Waals surface area contributed by atoms with Crippen LogP contribution in [-0.2, 0) is 24.8 Å². The summed E-state index contributed by atoms with van der Waals surface area (Å²) >= 11 is 6.87. The van der Waals surface area contributed by atoms with Crippen LogP contribution in [-0.4, -0.2) is 37.2 Å². The molecule has 0 bridgehead atoms. The average molecular weight is 693 g/mol. The van der Waals surface area contributed by atoms with Gasteiger partial charge in [0, 0.05) is 32.2 Å². The van der Waals surface area contributed by atoms with Crippen LogP contribution in [0.1, 0.15) is 60.6 Å². The number of piperidine rings is 1. The molecule has 11 heteroatoms. The maximum absolute atomic E-state index is 14.2. The molecule has 0 atom stereocenters. The molecule has 4 heterocycles. The largest absolute Gasteiger partial charge is 0.357 e. The SMILES string of the molecule is CCCCn1c(N2CCC(Cc3ccccc3)CC2)c(/C=C2/SC(=S)N(c3c(C)n(C)n(-c4ccccc4)c3=O)C2=O)c(C)c(C#N)c1=O. The summed E-state index contributed by atoms with van der Waals surface area (Å²) in [7, 11) is 1.78. The van der Waals surface area contributed by atoms with E-state index in [0.29, 0.717) is 39.9 Å². The number of rotatable bonds is 9. The van der Waals surface area contributed by atoms with Crippen LogP contribution in [0, 0.1) is 31.1 Å². The molecule has 0 radical (unpaired) electrons. The van der Waals surface area contributed by atoms with Crippen LogP contribution < -0.4 is 20.9 Å². The van der Waals surface area contributed by atoms with Crippen molar-refractivity contribution in [3.63, 3.8) is 0 Å². The highest BCUT2D eigenvalue weighted by Gasteiger charge is 2.38. The number of thiocarbonyl (C=S) groups is 1. The molecule has 0 unspecified atom stereocenters. The molecule has 0 aliphatic carbocycles. The lowest BCUT2D eigenvalue weighted by atomic mass is 9.90. The number of pyridine rings is 1. The first-order chi connectivity index (χ1) is 23.7. The van der Waals surface area contributed by atoms with Gasteiger partial charge in [0.05, 0.1) is 16.3 Å². The molecule has 1 amide bonds. The number of hydrogen-bond donors (Lipinski definition) is 0. The number of hydrogen-bond acceptors (Lipinski definition) is 7. The van der Waals surface area contributed by atoms with Crippen molar-refractivity contribution >= 4 is 51.8 Å². The number of carbonyl (C=O) groups is 1. The van der Waals surface area contributed by atoms with Crippen molar-refractivity contribution in [2.45, 2.75) is 59.4 Å². The molecule has 2 fully saturated rings. The topological polar surface area (TPSA) is 96.3 Å². The highest BCUT2D eigenvalue weighted by atomic mass is 32.2. The van der Waals surface area contributed by atoms with Gasteiger partial charge in [-0.05, 0) is 74.8 Å². The molecule has 0 spiro atoms. The predicted octanol–water partition coefficient (Wildman–Crippen LogP) is 6.49. The number of nitrogens with zero attached hydrogens (tertiary/aromatic N) is 6. The van der Waals surface area contributed by atoms with Crippen molar-refractivity contribution in [1.29, 1.82) is 5.26 Å². The molecule has 252 valence electrons. The van der Waals surface area contributed by atoms with E-state index in [2.05, 4.69) is 42.2 Å². The molecule has 2 saturated heterocycles. The summed E-state index contributed by atoms with van der Waals surface area (Å²) in [4.78, 5) is 45.8. The molecule has 6 rings (SSSR count). The standard InChI is InChI=1S/C38H40N6O3S2/c1-5-6-19-42-34(41-20-17-28(18-21-41)22-27-13-9-7-10-14-27)30(25(2)31(24-39)35(42)45)23-32-36(46)43(38(48)49-32)33-26(3)40(4)44(37(33)47)29-15-11-8-12-16-29/h7-16,23,28H,5-6,17-22H2,1-4H3/b32-23+. The lowest BCUT2D eigenvalue weighted by Gasteiger charge is -2.36. The Balaban J connectivity index is 1.41. The summed E-state index contributed by atoms with van der Waals surface area (Å²) in [5.74, 6) is 0.848. The summed E-state index contributed by atoms with van der Waals surface area (Å²) < 4.78 is 5.24. The van der Waals surface area contributed by atoms with Crippen molar-refractivity contribution in [3.05, 3.63) is 114 Å². The summed E-state index contributed by atoms with van der Waals surface area (Å²) in [6.07, 6.45) is 6.34. The van der Waals surface area contributed by atoms with Gasteiger partial charge in [0.25, 0.3) is 17.0 Å². The minimum atomic E-state index is -0.405. The van der Waals surface area contributed by atoms with Gasteiger partial charge < -0.3 is 4.90 Å². The van der Waals surface area contributed by atoms with Gasteiger partial charge in [-0.3, -0.25) is 28.5 Å². The Morgan fingerprint density at radius 2 is 1.63 bits per heavy atom. The maximum Gasteiger partial charge on any atom is 0.296 e. The Labute approximate surface area is 296 Å². The average Bonchev–Trinajstić information content (AvgIpc) is 3.50. The number of thioether (sulfide) groups is 1. The number of unbranched alkanes of at least 4 members (excludes halogenated alkanes) is 1. The minimum absolute atomic E-state index is 0.0743. The van der Waals surface area contributed by atoms with Gasteiger partial charge in [0.15, 0.2) is 4.32 Å². The number of aromatic nitrogens is 3. The van der Waals surface area contributed by atoms with Gasteiger partial charge in [0.2, 0.25) is 0 Å². The Hall–Kier alpha value is -4.66. The summed E-state index contributed by atoms with van der Waals surface area (Å²) in [5, 5.41) is 10.1. The van der Waals surface area contributed by atoms with Gasteiger partial charge in [-0.2, -0.15) is 5.26 Å². The fourth-order valence-electron chi connectivity index (χ4n) is 6.91. The number of para-hydroxylation sites is 1. The highest BCUT2D eigenvalue weighted by molar-refractivity contribution is 8.27. The second kappa shape index (κ2) is 14.4. The molecule has 2 aromatic heterocycles. The van der Waals surface area contributed by atoms with E-state index in [9.17, 15) is 19.6 Å². The smallest absolute Gasteiger partial charge is 0.296 e. The minimum Gasteiger partial charge on any atom is -0.357 e. The van der Waals surface area contributed by atoms with E-state index in [-0.39, 0.29) is 26.7 Å². The molecular weight excluding hydrogens is 653 g/mol. The van der Waals surface area contributed by atoms with E-state index in [1.54, 1.807) is 36.2 Å². The second-order valence-corrected chi connectivity index (χ2v) is 14.4. The van der Waals surface area contributed by atoms with Gasteiger partial charge in [-0.25, -0.2) is 4.68 Å². The molecule has 9 nitrogen and oxygen atoms in total. The third-order valence-corrected chi connectivity index (χ3v) is 11.0. The first-order valence-corrected chi connectivity index (χ1v) is 18.0. The van der Waals surface area contributed by atoms with Crippen LogP contribution >= 0.6 is 24.0 Å². The van der Waals surface area contributed by atoms with Crippen molar-refractivity contribution in [2.75, 3.05) is 22.9 Å². The summed E-state index contributed by atoms with van der Waals surface area (Å²) in [6, 6.07) is 21.9. The fraction of sp³-hybridized carbons (Fsp3) is 0.342. The molecule has 0 saturated carbocycles. The lowest BCUT2D eigenvalue weighted by molar-refractivity contribution is -0.113. The van der Waals surface area contributed by atoms with Crippen LogP contribution in [0.4, 0.5) is 11.5 Å². The van der Waals surface area contributed by atoms with Crippen molar-refractivity contribution < 1.29 is 4.79 Å². The van der Waals surface area contributed by atoms with E-state index in [1.165, 1.54) is 15.1 Å². The molecule has 0 N–H and O–H groups in total. The number of benzene rings is 2. The molecule has 2 aliphatic rings. The quantitative estimate of drug-likeness (QED) is 0.146. The summed E-state index contributed by atoms with van der Waals surface area (Å²) in [6.45, 7) is 7.61. The van der Waals surface area contributed by atoms with E-state index < -0.39 is 5.91 Å². The van der Waals surface area contributed by atoms with E-state index in [0.717, 1.165) is 62.8 Å². The van der Waals surface area contributed by atoms with Gasteiger partial charge >= 0.3 is 0 Å². The third-order valence-electron chi connectivity index (χ3n) is 9.68. The number of carbonyl (C=O) groups excluding carboxylic acids is 1. The number of amides is 1. The van der Waals surface area contributed by atoms with Crippen LogP contribution in [0.5, 0.6) is 0 Å². The molecule has 2 aromatic carbocycles. The highest BCUT2D eigenvalue weighted by Crippen LogP contribution is 2.39. The Morgan fingerprint density at radius 1 is 0.980 bits per heavy atom. The van der Waals surface area contributed by atoms with Crippen LogP contribution in [0.25, 0.3) is 11.8 Å². The molecule has 49 heavy (non-hydrogen) atoms.